The van der Waals surface area contributed by atoms with Crippen LogP contribution in [0.4, 0.5) is 10.5 Å². The second-order valence-electron chi connectivity index (χ2n) is 3.26. The van der Waals surface area contributed by atoms with Crippen molar-refractivity contribution in [2.75, 3.05) is 6.61 Å². The number of hydrogen-bond acceptors (Lipinski definition) is 4. The van der Waals surface area contributed by atoms with Gasteiger partial charge in [0.25, 0.3) is 5.69 Å². The third kappa shape index (κ3) is 1.99. The van der Waals surface area contributed by atoms with Crippen molar-refractivity contribution in [1.29, 1.82) is 0 Å². The van der Waals surface area contributed by atoms with Crippen molar-refractivity contribution in [3.63, 3.8) is 0 Å². The molecule has 1 saturated heterocycles. The first kappa shape index (κ1) is 10.9. The predicted octanol–water partition coefficient (Wildman–Crippen LogP) is 2.14. The lowest BCUT2D eigenvalue weighted by atomic mass is 10.1. The lowest BCUT2D eigenvalue weighted by Crippen LogP contribution is -2.19. The predicted molar refractivity (Wildman–Crippen MR) is 58.0 cm³/mol. The zero-order chi connectivity index (χ0) is 11.7. The summed E-state index contributed by atoms with van der Waals surface area (Å²) in [6.45, 7) is 0.112. The Balaban J connectivity index is 2.40. The Kier molecular flexibility index (Phi) is 2.78. The van der Waals surface area contributed by atoms with Gasteiger partial charge in [0.1, 0.15) is 6.61 Å². The first-order valence-electron chi connectivity index (χ1n) is 4.45. The summed E-state index contributed by atoms with van der Waals surface area (Å²) < 4.78 is 5.32. The van der Waals surface area contributed by atoms with Crippen molar-refractivity contribution in [1.82, 2.24) is 5.32 Å². The molecule has 0 radical (unpaired) electrons. The van der Waals surface area contributed by atoms with Crippen LogP contribution < -0.4 is 5.32 Å². The van der Waals surface area contributed by atoms with E-state index in [9.17, 15) is 14.9 Å². The molecule has 1 aromatic carbocycles. The van der Waals surface area contributed by atoms with Crippen LogP contribution in [-0.2, 0) is 4.74 Å². The normalized spacial score (nSPS) is 19.1. The highest BCUT2D eigenvalue weighted by Gasteiger charge is 2.29. The van der Waals surface area contributed by atoms with Gasteiger partial charge < -0.3 is 10.1 Å². The topological polar surface area (TPSA) is 81.5 Å². The molecule has 0 saturated carbocycles. The number of ether oxygens (including phenoxy) is 1. The second-order valence-corrected chi connectivity index (χ2v) is 4.17. The molecular formula is C9H7BrN2O4. The van der Waals surface area contributed by atoms with Gasteiger partial charge >= 0.3 is 6.09 Å². The number of alkyl carbamates (subject to hydrolysis) is 1. The minimum absolute atomic E-state index is 0.0369. The third-order valence-corrected chi connectivity index (χ3v) is 2.73. The largest absolute Gasteiger partial charge is 0.447 e. The van der Waals surface area contributed by atoms with Crippen LogP contribution in [0.1, 0.15) is 11.6 Å². The highest BCUT2D eigenvalue weighted by Crippen LogP contribution is 2.30. The molecule has 0 bridgehead atoms. The first-order valence-corrected chi connectivity index (χ1v) is 5.24. The Morgan fingerprint density at radius 2 is 2.31 bits per heavy atom. The molecule has 1 unspecified atom stereocenters. The molecule has 6 nitrogen and oxygen atoms in total. The van der Waals surface area contributed by atoms with E-state index >= 15 is 0 Å². The van der Waals surface area contributed by atoms with Crippen LogP contribution in [0.2, 0.25) is 0 Å². The fraction of sp³-hybridized carbons (Fsp3) is 0.222. The third-order valence-electron chi connectivity index (χ3n) is 2.24. The summed E-state index contributed by atoms with van der Waals surface area (Å²) in [5.74, 6) is 0. The molecule has 84 valence electrons. The summed E-state index contributed by atoms with van der Waals surface area (Å²) in [6.07, 6.45) is -0.554. The highest BCUT2D eigenvalue weighted by molar-refractivity contribution is 9.10. The quantitative estimate of drug-likeness (QED) is 0.667. The Labute approximate surface area is 98.9 Å². The molecule has 1 fully saturated rings. The van der Waals surface area contributed by atoms with E-state index in [2.05, 4.69) is 21.2 Å². The maximum absolute atomic E-state index is 10.9. The smallest absolute Gasteiger partial charge is 0.407 e. The summed E-state index contributed by atoms with van der Waals surface area (Å²) in [5.41, 5.74) is 0.407. The van der Waals surface area contributed by atoms with Crippen molar-refractivity contribution >= 4 is 27.7 Å². The minimum Gasteiger partial charge on any atom is -0.447 e. The number of benzene rings is 1. The number of nitro benzene ring substituents is 1. The van der Waals surface area contributed by atoms with E-state index in [4.69, 9.17) is 4.74 Å². The molecule has 0 aliphatic carbocycles. The fourth-order valence-electron chi connectivity index (χ4n) is 1.52. The number of carbonyl (C=O) groups excluding carboxylic acids is 1. The van der Waals surface area contributed by atoms with Crippen molar-refractivity contribution in [2.45, 2.75) is 6.04 Å². The van der Waals surface area contributed by atoms with Crippen LogP contribution in [0, 0.1) is 10.1 Å². The number of carbonyl (C=O) groups is 1. The molecule has 1 amide bonds. The van der Waals surface area contributed by atoms with Gasteiger partial charge in [0.2, 0.25) is 0 Å². The van der Waals surface area contributed by atoms with Crippen LogP contribution in [0.25, 0.3) is 0 Å². The lowest BCUT2D eigenvalue weighted by Gasteiger charge is -2.08. The van der Waals surface area contributed by atoms with Gasteiger partial charge in [-0.2, -0.15) is 0 Å². The van der Waals surface area contributed by atoms with Crippen LogP contribution in [-0.4, -0.2) is 17.6 Å². The molecule has 1 aromatic rings. The van der Waals surface area contributed by atoms with Gasteiger partial charge in [0.15, 0.2) is 0 Å². The summed E-state index contributed by atoms with van der Waals surface area (Å²) in [7, 11) is 0. The van der Waals surface area contributed by atoms with Crippen molar-refractivity contribution in [2.24, 2.45) is 0 Å². The van der Waals surface area contributed by atoms with Gasteiger partial charge in [0, 0.05) is 10.5 Å². The standard InChI is InChI=1S/C9H7BrN2O4/c10-5-1-2-6(8(3-5)12(14)15)7-4-16-9(13)11-7/h1-3,7H,4H2,(H,11,13). The summed E-state index contributed by atoms with van der Waals surface area (Å²) in [4.78, 5) is 21.2. The Morgan fingerprint density at radius 3 is 2.88 bits per heavy atom. The van der Waals surface area contributed by atoms with Crippen LogP contribution in [0.15, 0.2) is 22.7 Å². The van der Waals surface area contributed by atoms with Crippen LogP contribution in [0.3, 0.4) is 0 Å². The zero-order valence-corrected chi connectivity index (χ0v) is 9.56. The first-order chi connectivity index (χ1) is 7.58. The molecule has 0 spiro atoms. The molecule has 1 N–H and O–H groups in total. The maximum Gasteiger partial charge on any atom is 0.407 e. The van der Waals surface area contributed by atoms with Gasteiger partial charge in [-0.1, -0.05) is 15.9 Å². The van der Waals surface area contributed by atoms with E-state index in [-0.39, 0.29) is 12.3 Å². The van der Waals surface area contributed by atoms with E-state index in [1.165, 1.54) is 6.07 Å². The Morgan fingerprint density at radius 1 is 1.56 bits per heavy atom. The number of nitrogens with zero attached hydrogens (tertiary/aromatic N) is 1. The fourth-order valence-corrected chi connectivity index (χ4v) is 1.87. The molecule has 1 atom stereocenters. The summed E-state index contributed by atoms with van der Waals surface area (Å²) >= 11 is 3.16. The lowest BCUT2D eigenvalue weighted by molar-refractivity contribution is -0.385. The molecule has 16 heavy (non-hydrogen) atoms. The monoisotopic (exact) mass is 286 g/mol. The zero-order valence-electron chi connectivity index (χ0n) is 7.97. The molecule has 1 aliphatic rings. The number of halogens is 1. The van der Waals surface area contributed by atoms with Crippen LogP contribution in [0.5, 0.6) is 0 Å². The molecule has 1 aliphatic heterocycles. The van der Waals surface area contributed by atoms with Gasteiger partial charge in [0.05, 0.1) is 16.5 Å². The van der Waals surface area contributed by atoms with E-state index < -0.39 is 17.1 Å². The van der Waals surface area contributed by atoms with Crippen molar-refractivity contribution in [3.05, 3.63) is 38.3 Å². The van der Waals surface area contributed by atoms with Gasteiger partial charge in [-0.05, 0) is 12.1 Å². The second kappa shape index (κ2) is 4.09. The number of cyclic esters (lactones) is 1. The number of rotatable bonds is 2. The maximum atomic E-state index is 10.9. The van der Waals surface area contributed by atoms with Crippen molar-refractivity contribution < 1.29 is 14.5 Å². The highest BCUT2D eigenvalue weighted by atomic mass is 79.9. The summed E-state index contributed by atoms with van der Waals surface area (Å²) in [5, 5.41) is 13.3. The minimum atomic E-state index is -0.554. The SMILES string of the molecule is O=C1NC(c2ccc(Br)cc2[N+](=O)[O-])CO1. The van der Waals surface area contributed by atoms with E-state index in [0.29, 0.717) is 10.0 Å². The molecule has 1 heterocycles. The molecular weight excluding hydrogens is 280 g/mol. The number of nitrogens with one attached hydrogen (secondary N) is 1. The molecule has 7 heteroatoms. The van der Waals surface area contributed by atoms with E-state index in [1.807, 2.05) is 0 Å². The van der Waals surface area contributed by atoms with Crippen molar-refractivity contribution in [3.8, 4) is 0 Å². The average molecular weight is 287 g/mol. The Hall–Kier alpha value is -1.63. The number of nitro groups is 1. The van der Waals surface area contributed by atoms with E-state index in [0.717, 1.165) is 0 Å². The number of hydrogen-bond donors (Lipinski definition) is 1. The Bertz CT molecular complexity index is 463. The van der Waals surface area contributed by atoms with Gasteiger partial charge in [-0.15, -0.1) is 0 Å². The van der Waals surface area contributed by atoms with Crippen LogP contribution >= 0.6 is 15.9 Å². The average Bonchev–Trinajstić information content (AvgIpc) is 2.64. The van der Waals surface area contributed by atoms with Gasteiger partial charge in [-0.25, -0.2) is 4.79 Å². The van der Waals surface area contributed by atoms with Gasteiger partial charge in [-0.3, -0.25) is 10.1 Å². The molecule has 2 rings (SSSR count). The number of amides is 1. The molecule has 0 aromatic heterocycles. The van der Waals surface area contributed by atoms with E-state index in [1.54, 1.807) is 12.1 Å². The summed E-state index contributed by atoms with van der Waals surface area (Å²) in [6, 6.07) is 4.23.